The maximum atomic E-state index is 11.2. The molecular formula is C10H9N5OS. The Morgan fingerprint density at radius 3 is 3.12 bits per heavy atom. The molecule has 2 N–H and O–H groups in total. The predicted molar refractivity (Wildman–Crippen MR) is 64.4 cm³/mol. The van der Waals surface area contributed by atoms with Crippen molar-refractivity contribution in [3.05, 3.63) is 23.8 Å². The van der Waals surface area contributed by atoms with Gasteiger partial charge in [0.25, 0.3) is 0 Å². The number of aromatic nitrogens is 3. The first-order valence-electron chi connectivity index (χ1n) is 5.16. The van der Waals surface area contributed by atoms with Gasteiger partial charge in [0.1, 0.15) is 0 Å². The topological polar surface area (TPSA) is 79.8 Å². The van der Waals surface area contributed by atoms with Gasteiger partial charge in [-0.05, 0) is 35.4 Å². The molecule has 86 valence electrons. The van der Waals surface area contributed by atoms with E-state index in [1.807, 2.05) is 18.2 Å². The van der Waals surface area contributed by atoms with E-state index < -0.39 is 0 Å². The minimum atomic E-state index is 0.0755. The average molecular weight is 247 g/mol. The van der Waals surface area contributed by atoms with Crippen LogP contribution in [0.2, 0.25) is 0 Å². The lowest BCUT2D eigenvalue weighted by molar-refractivity contribution is -0.116. The number of hydrogen-bond acceptors (Lipinski definition) is 6. The van der Waals surface area contributed by atoms with Crippen molar-refractivity contribution in [1.29, 1.82) is 0 Å². The highest BCUT2D eigenvalue weighted by Crippen LogP contribution is 2.27. The van der Waals surface area contributed by atoms with Crippen LogP contribution in [0.25, 0.3) is 0 Å². The number of anilines is 3. The Hall–Kier alpha value is -2.02. The molecule has 0 saturated carbocycles. The molecule has 0 radical (unpaired) electrons. The average Bonchev–Trinajstić information content (AvgIpc) is 2.82. The van der Waals surface area contributed by atoms with Crippen LogP contribution in [0.4, 0.5) is 16.5 Å². The molecule has 0 saturated heterocycles. The van der Waals surface area contributed by atoms with E-state index in [0.29, 0.717) is 11.6 Å². The van der Waals surface area contributed by atoms with E-state index in [-0.39, 0.29) is 5.91 Å². The van der Waals surface area contributed by atoms with E-state index in [4.69, 9.17) is 0 Å². The number of nitrogens with one attached hydrogen (secondary N) is 2. The molecule has 0 aliphatic carbocycles. The lowest BCUT2D eigenvalue weighted by atomic mass is 10.0. The highest BCUT2D eigenvalue weighted by Gasteiger charge is 2.14. The van der Waals surface area contributed by atoms with Crippen LogP contribution in [0, 0.1) is 0 Å². The number of rotatable bonds is 2. The van der Waals surface area contributed by atoms with Gasteiger partial charge in [-0.3, -0.25) is 4.79 Å². The summed E-state index contributed by atoms with van der Waals surface area (Å²) in [5.41, 5.74) is 2.95. The van der Waals surface area contributed by atoms with E-state index in [0.717, 1.165) is 23.4 Å². The first kappa shape index (κ1) is 10.2. The Labute approximate surface area is 101 Å². The van der Waals surface area contributed by atoms with Gasteiger partial charge in [-0.15, -0.1) is 0 Å². The number of carbonyl (C=O) groups excluding carboxylic acids is 1. The van der Waals surface area contributed by atoms with Crippen molar-refractivity contribution in [3.8, 4) is 0 Å². The SMILES string of the molecule is O=C1CCc2cc(Nc3nnns3)ccc2N1. The van der Waals surface area contributed by atoms with Crippen LogP contribution in [0.1, 0.15) is 12.0 Å². The lowest BCUT2D eigenvalue weighted by Gasteiger charge is -2.17. The molecule has 0 atom stereocenters. The van der Waals surface area contributed by atoms with Gasteiger partial charge in [0.15, 0.2) is 0 Å². The Kier molecular flexibility index (Phi) is 2.45. The number of fused-ring (bicyclic) bond motifs is 1. The fourth-order valence-electron chi connectivity index (χ4n) is 1.77. The third-order valence-corrected chi connectivity index (χ3v) is 3.06. The van der Waals surface area contributed by atoms with E-state index in [9.17, 15) is 4.79 Å². The molecule has 17 heavy (non-hydrogen) atoms. The van der Waals surface area contributed by atoms with E-state index >= 15 is 0 Å². The van der Waals surface area contributed by atoms with Crippen LogP contribution < -0.4 is 10.6 Å². The highest BCUT2D eigenvalue weighted by molar-refractivity contribution is 7.09. The summed E-state index contributed by atoms with van der Waals surface area (Å²) in [4.78, 5) is 11.2. The largest absolute Gasteiger partial charge is 0.329 e. The maximum Gasteiger partial charge on any atom is 0.229 e. The maximum absolute atomic E-state index is 11.2. The Balaban J connectivity index is 1.86. The summed E-state index contributed by atoms with van der Waals surface area (Å²) >= 11 is 1.20. The number of aryl methyl sites for hydroxylation is 1. The summed E-state index contributed by atoms with van der Waals surface area (Å²) in [6, 6.07) is 5.80. The van der Waals surface area contributed by atoms with Crippen molar-refractivity contribution < 1.29 is 4.79 Å². The second-order valence-corrected chi connectivity index (χ2v) is 4.45. The zero-order valence-electron chi connectivity index (χ0n) is 8.80. The van der Waals surface area contributed by atoms with Crippen LogP contribution in [-0.2, 0) is 11.2 Å². The fraction of sp³-hybridized carbons (Fsp3) is 0.200. The minimum absolute atomic E-state index is 0.0755. The summed E-state index contributed by atoms with van der Waals surface area (Å²) in [6.07, 6.45) is 1.31. The van der Waals surface area contributed by atoms with Gasteiger partial charge in [-0.2, -0.15) is 0 Å². The molecule has 1 aromatic carbocycles. The molecule has 1 aliphatic rings. The fourth-order valence-corrected chi connectivity index (χ4v) is 2.15. The van der Waals surface area contributed by atoms with Gasteiger partial charge in [-0.1, -0.05) is 9.59 Å². The molecule has 0 bridgehead atoms. The minimum Gasteiger partial charge on any atom is -0.329 e. The predicted octanol–water partition coefficient (Wildman–Crippen LogP) is 1.56. The Morgan fingerprint density at radius 2 is 2.29 bits per heavy atom. The molecule has 1 amide bonds. The second-order valence-electron chi connectivity index (χ2n) is 3.71. The Morgan fingerprint density at radius 1 is 1.35 bits per heavy atom. The van der Waals surface area contributed by atoms with Crippen molar-refractivity contribution in [3.63, 3.8) is 0 Å². The van der Waals surface area contributed by atoms with Gasteiger partial charge in [0.2, 0.25) is 11.0 Å². The molecule has 1 aliphatic heterocycles. The summed E-state index contributed by atoms with van der Waals surface area (Å²) in [7, 11) is 0. The van der Waals surface area contributed by atoms with Crippen molar-refractivity contribution in [2.45, 2.75) is 12.8 Å². The zero-order valence-corrected chi connectivity index (χ0v) is 9.62. The van der Waals surface area contributed by atoms with Gasteiger partial charge in [0.05, 0.1) is 0 Å². The summed E-state index contributed by atoms with van der Waals surface area (Å²) in [5.74, 6) is 0.0755. The van der Waals surface area contributed by atoms with Crippen molar-refractivity contribution in [2.75, 3.05) is 10.6 Å². The van der Waals surface area contributed by atoms with Crippen LogP contribution >= 0.6 is 11.5 Å². The van der Waals surface area contributed by atoms with Crippen molar-refractivity contribution >= 4 is 33.9 Å². The lowest BCUT2D eigenvalue weighted by Crippen LogP contribution is -2.18. The first-order chi connectivity index (χ1) is 8.31. The molecule has 7 heteroatoms. The van der Waals surface area contributed by atoms with Crippen LogP contribution in [0.15, 0.2) is 18.2 Å². The smallest absolute Gasteiger partial charge is 0.229 e. The third-order valence-electron chi connectivity index (χ3n) is 2.55. The molecule has 6 nitrogen and oxygen atoms in total. The number of amides is 1. The zero-order chi connectivity index (χ0) is 11.7. The molecular weight excluding hydrogens is 238 g/mol. The molecule has 2 aromatic rings. The molecule has 0 unspecified atom stereocenters. The number of benzene rings is 1. The normalized spacial score (nSPS) is 14.0. The molecule has 2 heterocycles. The Bertz CT molecular complexity index is 554. The second kappa shape index (κ2) is 4.10. The van der Waals surface area contributed by atoms with Crippen LogP contribution in [0.3, 0.4) is 0 Å². The number of hydrogen-bond donors (Lipinski definition) is 2. The molecule has 1 aromatic heterocycles. The van der Waals surface area contributed by atoms with Crippen molar-refractivity contribution in [1.82, 2.24) is 14.8 Å². The van der Waals surface area contributed by atoms with Crippen LogP contribution in [0.5, 0.6) is 0 Å². The van der Waals surface area contributed by atoms with E-state index in [1.54, 1.807) is 0 Å². The molecule has 0 fully saturated rings. The standard InChI is InChI=1S/C10H9N5OS/c16-9-4-1-6-5-7(2-3-8(6)12-9)11-10-13-14-15-17-10/h2-3,5H,1,4H2,(H,12,16)(H,11,13,15). The van der Waals surface area contributed by atoms with Gasteiger partial charge in [-0.25, -0.2) is 0 Å². The van der Waals surface area contributed by atoms with Gasteiger partial charge < -0.3 is 10.6 Å². The van der Waals surface area contributed by atoms with Gasteiger partial charge in [0, 0.05) is 29.3 Å². The third kappa shape index (κ3) is 2.09. The summed E-state index contributed by atoms with van der Waals surface area (Å²) in [5, 5.41) is 13.9. The first-order valence-corrected chi connectivity index (χ1v) is 5.93. The summed E-state index contributed by atoms with van der Waals surface area (Å²) in [6.45, 7) is 0. The monoisotopic (exact) mass is 247 g/mol. The summed E-state index contributed by atoms with van der Waals surface area (Å²) < 4.78 is 3.68. The van der Waals surface area contributed by atoms with E-state index in [2.05, 4.69) is 25.4 Å². The molecule has 3 rings (SSSR count). The van der Waals surface area contributed by atoms with E-state index in [1.165, 1.54) is 11.5 Å². The quantitative estimate of drug-likeness (QED) is 0.841. The number of nitrogens with zero attached hydrogens (tertiary/aromatic N) is 3. The highest BCUT2D eigenvalue weighted by atomic mass is 32.1. The van der Waals surface area contributed by atoms with Gasteiger partial charge >= 0.3 is 0 Å². The van der Waals surface area contributed by atoms with Crippen LogP contribution in [-0.4, -0.2) is 20.7 Å². The van der Waals surface area contributed by atoms with Crippen molar-refractivity contribution in [2.24, 2.45) is 0 Å². The number of carbonyl (C=O) groups is 1. The molecule has 0 spiro atoms.